The summed E-state index contributed by atoms with van der Waals surface area (Å²) in [6, 6.07) is 3.59. The average molecular weight is 301 g/mol. The Balaban J connectivity index is 2.16. The molecular formula is C13H14F3N3O2. The van der Waals surface area contributed by atoms with E-state index < -0.39 is 17.5 Å². The third-order valence-electron chi connectivity index (χ3n) is 3.31. The molecule has 1 saturated heterocycles. The van der Waals surface area contributed by atoms with Gasteiger partial charge in [-0.05, 0) is 12.1 Å². The fourth-order valence-corrected chi connectivity index (χ4v) is 2.02. The summed E-state index contributed by atoms with van der Waals surface area (Å²) in [5, 5.41) is 21.8. The number of nitrogens with zero attached hydrogens (tertiary/aromatic N) is 2. The van der Waals surface area contributed by atoms with Crippen LogP contribution < -0.4 is 5.32 Å². The van der Waals surface area contributed by atoms with Gasteiger partial charge in [-0.3, -0.25) is 0 Å². The second-order valence-corrected chi connectivity index (χ2v) is 4.89. The first-order valence-corrected chi connectivity index (χ1v) is 6.36. The van der Waals surface area contributed by atoms with Gasteiger partial charge < -0.3 is 15.2 Å². The number of aliphatic hydroxyl groups is 1. The smallest absolute Gasteiger partial charge is 0.388 e. The Labute approximate surface area is 119 Å². The Morgan fingerprint density at radius 2 is 2.05 bits per heavy atom. The largest absolute Gasteiger partial charge is 0.433 e. The van der Waals surface area contributed by atoms with Gasteiger partial charge in [0.1, 0.15) is 17.6 Å². The predicted octanol–water partition coefficient (Wildman–Crippen LogP) is 1.93. The first-order chi connectivity index (χ1) is 9.84. The third kappa shape index (κ3) is 3.83. The minimum absolute atomic E-state index is 0.00124. The van der Waals surface area contributed by atoms with E-state index in [9.17, 15) is 18.3 Å². The van der Waals surface area contributed by atoms with Crippen LogP contribution in [0.2, 0.25) is 0 Å². The Morgan fingerprint density at radius 1 is 1.38 bits per heavy atom. The van der Waals surface area contributed by atoms with Crippen LogP contribution in [0.15, 0.2) is 12.1 Å². The zero-order chi connectivity index (χ0) is 15.5. The van der Waals surface area contributed by atoms with Gasteiger partial charge in [0, 0.05) is 32.6 Å². The summed E-state index contributed by atoms with van der Waals surface area (Å²) in [5.74, 6) is -0.174. The maximum atomic E-state index is 12.6. The Kier molecular flexibility index (Phi) is 4.34. The molecule has 1 aliphatic heterocycles. The molecule has 0 bridgehead atoms. The summed E-state index contributed by atoms with van der Waals surface area (Å²) in [4.78, 5) is 3.43. The van der Waals surface area contributed by atoms with E-state index in [1.54, 1.807) is 6.07 Å². The summed E-state index contributed by atoms with van der Waals surface area (Å²) in [6.45, 7) is 0.790. The molecule has 114 valence electrons. The molecule has 0 radical (unpaired) electrons. The summed E-state index contributed by atoms with van der Waals surface area (Å²) in [5.41, 5.74) is -2.15. The topological polar surface area (TPSA) is 78.2 Å². The number of pyridine rings is 1. The van der Waals surface area contributed by atoms with Crippen LogP contribution >= 0.6 is 0 Å². The van der Waals surface area contributed by atoms with Crippen molar-refractivity contribution in [2.45, 2.75) is 24.6 Å². The van der Waals surface area contributed by atoms with E-state index >= 15 is 0 Å². The lowest BCUT2D eigenvalue weighted by atomic mass is 9.94. The number of aromatic nitrogens is 1. The molecular weight excluding hydrogens is 287 g/mol. The van der Waals surface area contributed by atoms with Crippen LogP contribution in [0.1, 0.15) is 24.1 Å². The second kappa shape index (κ2) is 5.87. The molecule has 0 atom stereocenters. The number of nitriles is 1. The van der Waals surface area contributed by atoms with Gasteiger partial charge in [0.15, 0.2) is 0 Å². The number of nitrogens with one attached hydrogen (secondary N) is 1. The van der Waals surface area contributed by atoms with E-state index in [0.717, 1.165) is 12.1 Å². The molecule has 5 nitrogen and oxygen atoms in total. The van der Waals surface area contributed by atoms with Crippen LogP contribution in [0.5, 0.6) is 0 Å². The molecule has 2 N–H and O–H groups in total. The quantitative estimate of drug-likeness (QED) is 0.892. The maximum Gasteiger partial charge on any atom is 0.433 e. The van der Waals surface area contributed by atoms with Crippen molar-refractivity contribution in [3.63, 3.8) is 0 Å². The molecule has 2 rings (SSSR count). The molecule has 2 heterocycles. The average Bonchev–Trinajstić information content (AvgIpc) is 2.44. The zero-order valence-electron chi connectivity index (χ0n) is 11.1. The van der Waals surface area contributed by atoms with Gasteiger partial charge in [0.25, 0.3) is 0 Å². The lowest BCUT2D eigenvalue weighted by molar-refractivity contribution is -0.141. The molecule has 1 aromatic heterocycles. The Hall–Kier alpha value is -1.85. The van der Waals surface area contributed by atoms with E-state index in [-0.39, 0.29) is 17.9 Å². The molecule has 0 aromatic carbocycles. The van der Waals surface area contributed by atoms with Gasteiger partial charge in [-0.25, -0.2) is 4.98 Å². The SMILES string of the molecule is N#Cc1ccc(C(F)(F)F)nc1NCC1(O)CCOCC1. The van der Waals surface area contributed by atoms with E-state index in [4.69, 9.17) is 10.00 Å². The minimum atomic E-state index is -4.58. The number of hydrogen-bond donors (Lipinski definition) is 2. The molecule has 1 aromatic rings. The van der Waals surface area contributed by atoms with Gasteiger partial charge in [0.2, 0.25) is 0 Å². The monoisotopic (exact) mass is 301 g/mol. The van der Waals surface area contributed by atoms with Crippen LogP contribution in [-0.2, 0) is 10.9 Å². The lowest BCUT2D eigenvalue weighted by Gasteiger charge is -2.32. The lowest BCUT2D eigenvalue weighted by Crippen LogP contribution is -2.42. The molecule has 0 amide bonds. The fraction of sp³-hybridized carbons (Fsp3) is 0.538. The van der Waals surface area contributed by atoms with Crippen LogP contribution in [0, 0.1) is 11.3 Å². The zero-order valence-corrected chi connectivity index (χ0v) is 11.1. The van der Waals surface area contributed by atoms with Crippen LogP contribution in [0.4, 0.5) is 19.0 Å². The van der Waals surface area contributed by atoms with Crippen molar-refractivity contribution in [1.82, 2.24) is 4.98 Å². The number of alkyl halides is 3. The summed E-state index contributed by atoms with van der Waals surface area (Å²) in [7, 11) is 0. The number of ether oxygens (including phenoxy) is 1. The standard InChI is InChI=1S/C13H14F3N3O2/c14-13(15,16)10-2-1-9(7-17)11(19-10)18-8-12(20)3-5-21-6-4-12/h1-2,20H,3-6,8H2,(H,18,19). The minimum Gasteiger partial charge on any atom is -0.388 e. The highest BCUT2D eigenvalue weighted by Gasteiger charge is 2.34. The third-order valence-corrected chi connectivity index (χ3v) is 3.31. The van der Waals surface area contributed by atoms with E-state index in [2.05, 4.69) is 10.3 Å². The van der Waals surface area contributed by atoms with Crippen molar-refractivity contribution in [1.29, 1.82) is 5.26 Å². The van der Waals surface area contributed by atoms with Gasteiger partial charge in [-0.1, -0.05) is 0 Å². The maximum absolute atomic E-state index is 12.6. The van der Waals surface area contributed by atoms with Gasteiger partial charge >= 0.3 is 6.18 Å². The van der Waals surface area contributed by atoms with Crippen LogP contribution in [0.25, 0.3) is 0 Å². The molecule has 0 spiro atoms. The first-order valence-electron chi connectivity index (χ1n) is 6.36. The second-order valence-electron chi connectivity index (χ2n) is 4.89. The van der Waals surface area contributed by atoms with Crippen molar-refractivity contribution < 1.29 is 23.0 Å². The molecule has 1 fully saturated rings. The first kappa shape index (κ1) is 15.5. The van der Waals surface area contributed by atoms with Crippen molar-refractivity contribution in [3.8, 4) is 6.07 Å². The molecule has 8 heteroatoms. The number of rotatable bonds is 3. The fourth-order valence-electron chi connectivity index (χ4n) is 2.02. The Bertz CT molecular complexity index is 549. The molecule has 0 unspecified atom stereocenters. The predicted molar refractivity (Wildman–Crippen MR) is 67.4 cm³/mol. The Morgan fingerprint density at radius 3 is 2.62 bits per heavy atom. The van der Waals surface area contributed by atoms with Crippen molar-refractivity contribution >= 4 is 5.82 Å². The van der Waals surface area contributed by atoms with E-state index in [1.165, 1.54) is 0 Å². The molecule has 0 saturated carbocycles. The van der Waals surface area contributed by atoms with Crippen molar-refractivity contribution in [2.24, 2.45) is 0 Å². The van der Waals surface area contributed by atoms with Crippen molar-refractivity contribution in [3.05, 3.63) is 23.4 Å². The summed E-state index contributed by atoms with van der Waals surface area (Å²) < 4.78 is 43.0. The molecule has 21 heavy (non-hydrogen) atoms. The number of anilines is 1. The van der Waals surface area contributed by atoms with Gasteiger partial charge in [-0.2, -0.15) is 18.4 Å². The van der Waals surface area contributed by atoms with E-state index in [1.807, 2.05) is 0 Å². The highest BCUT2D eigenvalue weighted by molar-refractivity contribution is 5.52. The summed E-state index contributed by atoms with van der Waals surface area (Å²) >= 11 is 0. The molecule has 0 aliphatic carbocycles. The number of halogens is 3. The van der Waals surface area contributed by atoms with Gasteiger partial charge in [-0.15, -0.1) is 0 Å². The van der Waals surface area contributed by atoms with Crippen LogP contribution in [-0.4, -0.2) is 35.5 Å². The van der Waals surface area contributed by atoms with E-state index in [0.29, 0.717) is 26.1 Å². The highest BCUT2D eigenvalue weighted by atomic mass is 19.4. The van der Waals surface area contributed by atoms with Crippen LogP contribution in [0.3, 0.4) is 0 Å². The normalized spacial score (nSPS) is 18.0. The highest BCUT2D eigenvalue weighted by Crippen LogP contribution is 2.30. The van der Waals surface area contributed by atoms with Crippen molar-refractivity contribution in [2.75, 3.05) is 25.1 Å². The van der Waals surface area contributed by atoms with Gasteiger partial charge in [0.05, 0.1) is 11.2 Å². The summed E-state index contributed by atoms with van der Waals surface area (Å²) in [6.07, 6.45) is -3.83. The number of hydrogen-bond acceptors (Lipinski definition) is 5. The molecule has 1 aliphatic rings.